The molecule has 74 valence electrons. The summed E-state index contributed by atoms with van der Waals surface area (Å²) in [7, 11) is 0. The predicted molar refractivity (Wildman–Crippen MR) is 44.4 cm³/mol. The van der Waals surface area contributed by atoms with Crippen LogP contribution in [0.3, 0.4) is 0 Å². The summed E-state index contributed by atoms with van der Waals surface area (Å²) in [6.07, 6.45) is 0.594. The first-order valence-corrected chi connectivity index (χ1v) is 3.63. The Balaban J connectivity index is 4.26. The lowest BCUT2D eigenvalue weighted by atomic mass is 10.3. The number of aliphatic hydroxyl groups excluding tert-OH is 1. The van der Waals surface area contributed by atoms with Crippen LogP contribution in [0.5, 0.6) is 0 Å². The topological polar surface area (TPSA) is 92.9 Å². The van der Waals surface area contributed by atoms with Crippen LogP contribution in [0, 0.1) is 0 Å². The van der Waals surface area contributed by atoms with Crippen LogP contribution in [-0.2, 0) is 9.63 Å². The van der Waals surface area contributed by atoms with Crippen LogP contribution in [0.15, 0.2) is 11.8 Å². The van der Waals surface area contributed by atoms with Gasteiger partial charge in [0.15, 0.2) is 0 Å². The maximum absolute atomic E-state index is 10.9. The minimum atomic E-state index is -0.860. The molecule has 6 heteroatoms. The highest BCUT2D eigenvalue weighted by Crippen LogP contribution is 1.98. The zero-order valence-corrected chi connectivity index (χ0v) is 7.48. The molecular weight excluding hydrogens is 176 g/mol. The molecule has 0 spiro atoms. The summed E-state index contributed by atoms with van der Waals surface area (Å²) in [6.45, 7) is 3.09. The Morgan fingerprint density at radius 3 is 2.46 bits per heavy atom. The van der Waals surface area contributed by atoms with Crippen LogP contribution < -0.4 is 5.73 Å². The smallest absolute Gasteiger partial charge is 0.362 e. The Labute approximate surface area is 75.5 Å². The number of nitrogens with zero attached hydrogens (tertiary/aromatic N) is 1. The summed E-state index contributed by atoms with van der Waals surface area (Å²) in [5.74, 6) is -0.817. The van der Waals surface area contributed by atoms with E-state index in [1.807, 2.05) is 0 Å². The number of primary amides is 1. The Kier molecular flexibility index (Phi) is 4.36. The molecule has 13 heavy (non-hydrogen) atoms. The van der Waals surface area contributed by atoms with Crippen molar-refractivity contribution < 1.29 is 19.5 Å². The number of hydroxylamine groups is 2. The van der Waals surface area contributed by atoms with E-state index in [1.54, 1.807) is 6.92 Å². The molecule has 0 rings (SSSR count). The lowest BCUT2D eigenvalue weighted by Crippen LogP contribution is -2.37. The normalized spacial score (nSPS) is 10.8. The molecule has 0 saturated heterocycles. The number of carbonyl (C=O) groups excluding carboxylic acids is 2. The van der Waals surface area contributed by atoms with Crippen molar-refractivity contribution in [2.24, 2.45) is 5.73 Å². The number of aliphatic hydroxyl groups is 1. The monoisotopic (exact) mass is 188 g/mol. The van der Waals surface area contributed by atoms with E-state index in [4.69, 9.17) is 10.8 Å². The molecule has 0 aromatic carbocycles. The van der Waals surface area contributed by atoms with Crippen LogP contribution in [0.4, 0.5) is 4.79 Å². The van der Waals surface area contributed by atoms with Gasteiger partial charge in [-0.2, -0.15) is 5.06 Å². The third-order valence-corrected chi connectivity index (χ3v) is 1.24. The minimum absolute atomic E-state index is 0.0142. The second-order valence-corrected chi connectivity index (χ2v) is 2.22. The molecule has 0 aromatic rings. The maximum atomic E-state index is 10.9. The first-order chi connectivity index (χ1) is 6.02. The molecule has 0 saturated carbocycles. The largest absolute Gasteiger partial charge is 0.515 e. The second kappa shape index (κ2) is 5.02. The number of carbonyl (C=O) groups is 2. The average Bonchev–Trinajstić information content (AvgIpc) is 2.11. The fourth-order valence-electron chi connectivity index (χ4n) is 0.490. The summed E-state index contributed by atoms with van der Waals surface area (Å²) in [5, 5.41) is 9.12. The number of hydrogen-bond acceptors (Lipinski definition) is 4. The molecule has 2 amide bonds. The van der Waals surface area contributed by atoms with Crippen molar-refractivity contribution in [3.05, 3.63) is 11.8 Å². The molecule has 3 N–H and O–H groups in total. The molecule has 0 aromatic heterocycles. The van der Waals surface area contributed by atoms with E-state index < -0.39 is 12.0 Å². The van der Waals surface area contributed by atoms with Gasteiger partial charge in [-0.1, -0.05) is 0 Å². The summed E-state index contributed by atoms with van der Waals surface area (Å²) < 4.78 is 0. The lowest BCUT2D eigenvalue weighted by molar-refractivity contribution is -0.170. The van der Waals surface area contributed by atoms with Crippen LogP contribution in [0.2, 0.25) is 0 Å². The van der Waals surface area contributed by atoms with Gasteiger partial charge in [0.05, 0.1) is 18.4 Å². The fourth-order valence-corrected chi connectivity index (χ4v) is 0.490. The number of urea groups is 1. The number of hydrogen-bond donors (Lipinski definition) is 2. The van der Waals surface area contributed by atoms with Gasteiger partial charge in [0.2, 0.25) is 0 Å². The lowest BCUT2D eigenvalue weighted by Gasteiger charge is -2.16. The van der Waals surface area contributed by atoms with E-state index in [1.165, 1.54) is 6.92 Å². The molecule has 6 nitrogen and oxygen atoms in total. The van der Waals surface area contributed by atoms with Gasteiger partial charge in [-0.3, -0.25) is 0 Å². The number of nitrogens with two attached hydrogens (primary N) is 1. The Morgan fingerprint density at radius 1 is 1.62 bits per heavy atom. The van der Waals surface area contributed by atoms with Gasteiger partial charge < -0.3 is 15.7 Å². The first-order valence-electron chi connectivity index (χ1n) is 3.63. The van der Waals surface area contributed by atoms with Crippen LogP contribution in [0.1, 0.15) is 13.8 Å². The summed E-state index contributed by atoms with van der Waals surface area (Å²) in [4.78, 5) is 26.0. The van der Waals surface area contributed by atoms with Gasteiger partial charge in [-0.05, 0) is 13.8 Å². The molecule has 0 heterocycles. The van der Waals surface area contributed by atoms with Crippen molar-refractivity contribution in [2.75, 3.05) is 6.54 Å². The van der Waals surface area contributed by atoms with Gasteiger partial charge in [-0.15, -0.1) is 0 Å². The standard InChI is InChI=1S/C7H12N2O4/c1-3-9(7(8)12)13-6(11)5(2)4-10/h4,10H,3H2,1-2H3,(H2,8,12)/b5-4+. The predicted octanol–water partition coefficient (Wildman–Crippen LogP) is 0.307. The van der Waals surface area contributed by atoms with Crippen LogP contribution in [0.25, 0.3) is 0 Å². The molecule has 0 atom stereocenters. The van der Waals surface area contributed by atoms with Gasteiger partial charge >= 0.3 is 12.0 Å². The Bertz CT molecular complexity index is 237. The van der Waals surface area contributed by atoms with E-state index in [-0.39, 0.29) is 12.1 Å². The molecule has 0 fully saturated rings. The zero-order chi connectivity index (χ0) is 10.4. The summed E-state index contributed by atoms with van der Waals surface area (Å²) in [5.41, 5.74) is 4.85. The molecule has 0 aliphatic heterocycles. The molecular formula is C7H12N2O4. The maximum Gasteiger partial charge on any atom is 0.362 e. The van der Waals surface area contributed by atoms with Crippen LogP contribution in [-0.4, -0.2) is 28.7 Å². The van der Waals surface area contributed by atoms with Crippen molar-refractivity contribution in [2.45, 2.75) is 13.8 Å². The van der Waals surface area contributed by atoms with Crippen molar-refractivity contribution in [3.63, 3.8) is 0 Å². The third kappa shape index (κ3) is 3.46. The summed E-state index contributed by atoms with van der Waals surface area (Å²) >= 11 is 0. The molecule has 0 aliphatic rings. The van der Waals surface area contributed by atoms with E-state index in [0.29, 0.717) is 11.3 Å². The number of amides is 2. The van der Waals surface area contributed by atoms with Crippen molar-refractivity contribution in [1.82, 2.24) is 5.06 Å². The fraction of sp³-hybridized carbons (Fsp3) is 0.429. The average molecular weight is 188 g/mol. The zero-order valence-electron chi connectivity index (χ0n) is 7.48. The van der Waals surface area contributed by atoms with E-state index >= 15 is 0 Å². The Hall–Kier alpha value is -1.72. The van der Waals surface area contributed by atoms with Gasteiger partial charge in [0.25, 0.3) is 0 Å². The van der Waals surface area contributed by atoms with Crippen LogP contribution >= 0.6 is 0 Å². The third-order valence-electron chi connectivity index (χ3n) is 1.24. The molecule has 0 aliphatic carbocycles. The first kappa shape index (κ1) is 11.3. The highest BCUT2D eigenvalue weighted by atomic mass is 16.7. The highest BCUT2D eigenvalue weighted by Gasteiger charge is 2.14. The van der Waals surface area contributed by atoms with Crippen molar-refractivity contribution >= 4 is 12.0 Å². The van der Waals surface area contributed by atoms with Crippen molar-refractivity contribution in [3.8, 4) is 0 Å². The SMILES string of the molecule is CCN(OC(=O)/C(C)=C/O)C(N)=O. The van der Waals surface area contributed by atoms with E-state index in [0.717, 1.165) is 0 Å². The van der Waals surface area contributed by atoms with Gasteiger partial charge in [-0.25, -0.2) is 9.59 Å². The van der Waals surface area contributed by atoms with Crippen molar-refractivity contribution in [1.29, 1.82) is 0 Å². The second-order valence-electron chi connectivity index (χ2n) is 2.22. The Morgan fingerprint density at radius 2 is 2.15 bits per heavy atom. The number of rotatable bonds is 2. The minimum Gasteiger partial charge on any atom is -0.515 e. The van der Waals surface area contributed by atoms with E-state index in [9.17, 15) is 9.59 Å². The highest BCUT2D eigenvalue weighted by molar-refractivity contribution is 5.88. The molecule has 0 radical (unpaired) electrons. The quantitative estimate of drug-likeness (QED) is 0.370. The summed E-state index contributed by atoms with van der Waals surface area (Å²) in [6, 6.07) is -0.860. The van der Waals surface area contributed by atoms with Gasteiger partial charge in [0.1, 0.15) is 0 Å². The van der Waals surface area contributed by atoms with E-state index in [2.05, 4.69) is 4.84 Å². The molecule has 0 unspecified atom stereocenters. The van der Waals surface area contributed by atoms with Gasteiger partial charge in [0, 0.05) is 0 Å². The molecule has 0 bridgehead atoms.